The van der Waals surface area contributed by atoms with E-state index in [-0.39, 0.29) is 0 Å². The SMILES string of the molecule is c1cc(-c2ccc3ccccc3c2)cc(N(c2ccccc2-c2ccc3oc4ccccc4c3c2)c2ccccc2-n2c3ccccc3c3ccccc32)c1. The van der Waals surface area contributed by atoms with Gasteiger partial charge in [0.2, 0.25) is 0 Å². The standard InChI is InChI=1S/C52H34N2O/c1-2-15-36-32-38(29-28-35(36)14-1)37-16-13-17-40(33-37)53(46-22-7-3-18-41(46)39-30-31-52-45(34-39)44-21-6-12-27-51(44)55-52)49-25-10-11-26-50(49)54-47-23-8-4-19-42(47)43-20-5-9-24-48(43)54/h1-34H. The minimum Gasteiger partial charge on any atom is -0.456 e. The van der Waals surface area contributed by atoms with Crippen LogP contribution in [-0.4, -0.2) is 4.57 Å². The Morgan fingerprint density at radius 1 is 0.364 bits per heavy atom. The largest absolute Gasteiger partial charge is 0.456 e. The Kier molecular flexibility index (Phi) is 7.17. The average Bonchev–Trinajstić information content (AvgIpc) is 3.80. The molecule has 0 unspecified atom stereocenters. The van der Waals surface area contributed by atoms with Gasteiger partial charge >= 0.3 is 0 Å². The van der Waals surface area contributed by atoms with Crippen LogP contribution in [0.25, 0.3) is 82.5 Å². The minimum atomic E-state index is 0.888. The summed E-state index contributed by atoms with van der Waals surface area (Å²) in [5.74, 6) is 0. The number of benzene rings is 9. The average molecular weight is 703 g/mol. The highest BCUT2D eigenvalue weighted by atomic mass is 16.3. The molecule has 0 fully saturated rings. The van der Waals surface area contributed by atoms with Crippen molar-refractivity contribution in [3.63, 3.8) is 0 Å². The Labute approximate surface area is 318 Å². The Bertz CT molecular complexity index is 3190. The van der Waals surface area contributed by atoms with Crippen LogP contribution in [0, 0.1) is 0 Å². The Balaban J connectivity index is 1.17. The summed E-state index contributed by atoms with van der Waals surface area (Å²) in [5.41, 5.74) is 13.1. The van der Waals surface area contributed by atoms with Crippen LogP contribution in [0.1, 0.15) is 0 Å². The molecule has 0 radical (unpaired) electrons. The van der Waals surface area contributed by atoms with E-state index in [1.165, 1.54) is 38.1 Å². The summed E-state index contributed by atoms with van der Waals surface area (Å²) < 4.78 is 8.68. The first-order chi connectivity index (χ1) is 27.3. The van der Waals surface area contributed by atoms with Crippen LogP contribution in [0.5, 0.6) is 0 Å². The molecule has 11 aromatic rings. The maximum atomic E-state index is 6.26. The Morgan fingerprint density at radius 2 is 0.982 bits per heavy atom. The third-order valence-corrected chi connectivity index (χ3v) is 11.0. The number of hydrogen-bond acceptors (Lipinski definition) is 2. The van der Waals surface area contributed by atoms with Crippen molar-refractivity contribution < 1.29 is 4.42 Å². The monoisotopic (exact) mass is 702 g/mol. The summed E-state index contributed by atoms with van der Waals surface area (Å²) >= 11 is 0. The fourth-order valence-electron chi connectivity index (χ4n) is 8.43. The molecule has 55 heavy (non-hydrogen) atoms. The predicted octanol–water partition coefficient (Wildman–Crippen LogP) is 14.6. The van der Waals surface area contributed by atoms with E-state index in [0.29, 0.717) is 0 Å². The first-order valence-corrected chi connectivity index (χ1v) is 18.8. The van der Waals surface area contributed by atoms with Gasteiger partial charge in [-0.2, -0.15) is 0 Å². The van der Waals surface area contributed by atoms with Gasteiger partial charge in [0.15, 0.2) is 0 Å². The molecular weight excluding hydrogens is 669 g/mol. The molecule has 2 aromatic heterocycles. The van der Waals surface area contributed by atoms with Gasteiger partial charge in [-0.3, -0.25) is 0 Å². The number of anilines is 3. The fourth-order valence-corrected chi connectivity index (χ4v) is 8.43. The van der Waals surface area contributed by atoms with E-state index in [0.717, 1.165) is 61.4 Å². The Hall–Kier alpha value is -7.36. The molecular formula is C52H34N2O. The molecule has 258 valence electrons. The number of fused-ring (bicyclic) bond motifs is 7. The highest BCUT2D eigenvalue weighted by molar-refractivity contribution is 6.10. The summed E-state index contributed by atoms with van der Waals surface area (Å²) in [6, 6.07) is 74.2. The summed E-state index contributed by atoms with van der Waals surface area (Å²) in [4.78, 5) is 2.44. The minimum absolute atomic E-state index is 0.888. The topological polar surface area (TPSA) is 21.3 Å². The van der Waals surface area contributed by atoms with Crippen molar-refractivity contribution in [3.05, 3.63) is 206 Å². The van der Waals surface area contributed by atoms with Gasteiger partial charge in [0.05, 0.1) is 28.1 Å². The molecule has 0 amide bonds. The normalized spacial score (nSPS) is 11.6. The van der Waals surface area contributed by atoms with Gasteiger partial charge in [-0.05, 0) is 94.2 Å². The van der Waals surface area contributed by atoms with Crippen molar-refractivity contribution in [3.8, 4) is 27.9 Å². The van der Waals surface area contributed by atoms with Crippen molar-refractivity contribution in [2.24, 2.45) is 0 Å². The van der Waals surface area contributed by atoms with Crippen molar-refractivity contribution in [1.29, 1.82) is 0 Å². The number of nitrogens with zero attached hydrogens (tertiary/aromatic N) is 2. The number of rotatable bonds is 6. The number of aromatic nitrogens is 1. The maximum Gasteiger partial charge on any atom is 0.135 e. The predicted molar refractivity (Wildman–Crippen MR) is 231 cm³/mol. The molecule has 0 aliphatic heterocycles. The van der Waals surface area contributed by atoms with E-state index in [1.54, 1.807) is 0 Å². The highest BCUT2D eigenvalue weighted by Gasteiger charge is 2.23. The lowest BCUT2D eigenvalue weighted by Crippen LogP contribution is -2.14. The summed E-state index contributed by atoms with van der Waals surface area (Å²) in [6.07, 6.45) is 0. The van der Waals surface area contributed by atoms with Gasteiger partial charge in [0.1, 0.15) is 11.2 Å². The highest BCUT2D eigenvalue weighted by Crippen LogP contribution is 2.46. The second-order valence-electron chi connectivity index (χ2n) is 14.1. The smallest absolute Gasteiger partial charge is 0.135 e. The van der Waals surface area contributed by atoms with Gasteiger partial charge in [-0.15, -0.1) is 0 Å². The molecule has 0 bridgehead atoms. The van der Waals surface area contributed by atoms with E-state index >= 15 is 0 Å². The zero-order valence-electron chi connectivity index (χ0n) is 29.9. The van der Waals surface area contributed by atoms with Crippen LogP contribution in [0.15, 0.2) is 211 Å². The van der Waals surface area contributed by atoms with Crippen LogP contribution in [0.2, 0.25) is 0 Å². The zero-order chi connectivity index (χ0) is 36.3. The molecule has 0 N–H and O–H groups in total. The lowest BCUT2D eigenvalue weighted by Gasteiger charge is -2.30. The molecule has 3 heteroatoms. The molecule has 9 aromatic carbocycles. The quantitative estimate of drug-likeness (QED) is 0.172. The van der Waals surface area contributed by atoms with Gasteiger partial charge < -0.3 is 13.9 Å². The van der Waals surface area contributed by atoms with Crippen LogP contribution in [-0.2, 0) is 0 Å². The third kappa shape index (κ3) is 5.13. The van der Waals surface area contributed by atoms with E-state index in [9.17, 15) is 0 Å². The first-order valence-electron chi connectivity index (χ1n) is 18.8. The molecule has 0 saturated carbocycles. The second-order valence-corrected chi connectivity index (χ2v) is 14.1. The third-order valence-electron chi connectivity index (χ3n) is 11.0. The van der Waals surface area contributed by atoms with Gasteiger partial charge in [-0.1, -0.05) is 140 Å². The maximum absolute atomic E-state index is 6.26. The van der Waals surface area contributed by atoms with Crippen molar-refractivity contribution in [2.45, 2.75) is 0 Å². The zero-order valence-corrected chi connectivity index (χ0v) is 29.9. The molecule has 0 aliphatic rings. The molecule has 0 saturated heterocycles. The van der Waals surface area contributed by atoms with E-state index in [4.69, 9.17) is 4.42 Å². The van der Waals surface area contributed by atoms with Crippen molar-refractivity contribution in [2.75, 3.05) is 4.90 Å². The van der Waals surface area contributed by atoms with Gasteiger partial charge in [0.25, 0.3) is 0 Å². The van der Waals surface area contributed by atoms with Crippen LogP contribution in [0.3, 0.4) is 0 Å². The molecule has 3 nitrogen and oxygen atoms in total. The molecule has 11 rings (SSSR count). The van der Waals surface area contributed by atoms with Gasteiger partial charge in [-0.25, -0.2) is 0 Å². The van der Waals surface area contributed by atoms with E-state index in [1.807, 2.05) is 12.1 Å². The van der Waals surface area contributed by atoms with Crippen LogP contribution in [0.4, 0.5) is 17.1 Å². The van der Waals surface area contributed by atoms with E-state index in [2.05, 4.69) is 204 Å². The van der Waals surface area contributed by atoms with Crippen molar-refractivity contribution >= 4 is 71.6 Å². The lowest BCUT2D eigenvalue weighted by molar-refractivity contribution is 0.669. The molecule has 0 atom stereocenters. The number of hydrogen-bond donors (Lipinski definition) is 0. The lowest BCUT2D eigenvalue weighted by atomic mass is 9.98. The fraction of sp³-hybridized carbons (Fsp3) is 0. The molecule has 0 aliphatic carbocycles. The van der Waals surface area contributed by atoms with E-state index < -0.39 is 0 Å². The van der Waals surface area contributed by atoms with Crippen LogP contribution < -0.4 is 4.90 Å². The number of furan rings is 1. The van der Waals surface area contributed by atoms with Crippen LogP contribution >= 0.6 is 0 Å². The number of para-hydroxylation sites is 6. The first kappa shape index (κ1) is 31.2. The molecule has 2 heterocycles. The van der Waals surface area contributed by atoms with Crippen molar-refractivity contribution in [1.82, 2.24) is 4.57 Å². The Morgan fingerprint density at radius 3 is 1.82 bits per heavy atom. The summed E-state index contributed by atoms with van der Waals surface area (Å²) in [5, 5.41) is 7.16. The summed E-state index contributed by atoms with van der Waals surface area (Å²) in [7, 11) is 0. The summed E-state index contributed by atoms with van der Waals surface area (Å²) in [6.45, 7) is 0. The van der Waals surface area contributed by atoms with Gasteiger partial charge in [0, 0.05) is 32.8 Å². The molecule has 0 spiro atoms. The second kappa shape index (κ2) is 12.6.